The van der Waals surface area contributed by atoms with E-state index in [-0.39, 0.29) is 18.4 Å². The number of nitrogens with two attached hydrogens (primary N) is 2. The average Bonchev–Trinajstić information content (AvgIpc) is 2.67. The van der Waals surface area contributed by atoms with Crippen LogP contribution in [0.3, 0.4) is 0 Å². The van der Waals surface area contributed by atoms with Gasteiger partial charge in [-0.05, 0) is 43.5 Å². The second-order valence-corrected chi connectivity index (χ2v) is 8.15. The van der Waals surface area contributed by atoms with E-state index in [0.29, 0.717) is 12.2 Å². The van der Waals surface area contributed by atoms with E-state index in [1.54, 1.807) is 0 Å². The standard InChI is InChI=1S/C23H30N4O2/c1-23(25)13-6-5-12-20(23)22(29)26-18-10-7-11-19(14-18)27(16-21(24)28)15-17-8-3-2-4-9-17/h2-4,7-11,14,20H,5-6,12-13,15-16,25H2,1H3,(H2,24,28)(H,26,29). The lowest BCUT2D eigenvalue weighted by molar-refractivity contribution is -0.122. The number of carbonyl (C=O) groups excluding carboxylic acids is 2. The summed E-state index contributed by atoms with van der Waals surface area (Å²) >= 11 is 0. The van der Waals surface area contributed by atoms with Crippen LogP contribution in [0.5, 0.6) is 0 Å². The molecule has 6 heteroatoms. The highest BCUT2D eigenvalue weighted by atomic mass is 16.2. The van der Waals surface area contributed by atoms with Gasteiger partial charge in [-0.15, -0.1) is 0 Å². The minimum Gasteiger partial charge on any atom is -0.368 e. The van der Waals surface area contributed by atoms with Crippen LogP contribution in [0.4, 0.5) is 11.4 Å². The first-order valence-corrected chi connectivity index (χ1v) is 10.1. The van der Waals surface area contributed by atoms with E-state index in [0.717, 1.165) is 36.9 Å². The van der Waals surface area contributed by atoms with Crippen LogP contribution in [0.1, 0.15) is 38.2 Å². The molecule has 2 atom stereocenters. The topological polar surface area (TPSA) is 101 Å². The van der Waals surface area contributed by atoms with E-state index in [9.17, 15) is 9.59 Å². The number of rotatable bonds is 7. The van der Waals surface area contributed by atoms with E-state index >= 15 is 0 Å². The molecular formula is C23H30N4O2. The number of benzene rings is 2. The number of hydrogen-bond donors (Lipinski definition) is 3. The molecule has 0 aromatic heterocycles. The molecule has 0 aliphatic heterocycles. The summed E-state index contributed by atoms with van der Waals surface area (Å²) in [4.78, 5) is 26.4. The zero-order valence-corrected chi connectivity index (χ0v) is 16.9. The Labute approximate surface area is 172 Å². The van der Waals surface area contributed by atoms with Crippen molar-refractivity contribution in [1.82, 2.24) is 0 Å². The molecule has 0 radical (unpaired) electrons. The maximum atomic E-state index is 12.9. The van der Waals surface area contributed by atoms with Gasteiger partial charge in [-0.2, -0.15) is 0 Å². The molecule has 6 nitrogen and oxygen atoms in total. The van der Waals surface area contributed by atoms with Gasteiger partial charge in [0, 0.05) is 23.5 Å². The van der Waals surface area contributed by atoms with Crippen LogP contribution in [0.25, 0.3) is 0 Å². The first-order chi connectivity index (χ1) is 13.8. The van der Waals surface area contributed by atoms with Crippen LogP contribution >= 0.6 is 0 Å². The number of amides is 2. The summed E-state index contributed by atoms with van der Waals surface area (Å²) in [5.74, 6) is -0.654. The Morgan fingerprint density at radius 3 is 2.59 bits per heavy atom. The first kappa shape index (κ1) is 20.9. The molecule has 0 bridgehead atoms. The Kier molecular flexibility index (Phi) is 6.54. The summed E-state index contributed by atoms with van der Waals surface area (Å²) in [5.41, 5.74) is 13.9. The average molecular weight is 395 g/mol. The summed E-state index contributed by atoms with van der Waals surface area (Å²) in [7, 11) is 0. The third kappa shape index (κ3) is 5.57. The molecule has 0 saturated heterocycles. The number of nitrogens with one attached hydrogen (secondary N) is 1. The number of anilines is 2. The maximum absolute atomic E-state index is 12.9. The van der Waals surface area contributed by atoms with Crippen molar-refractivity contribution in [2.45, 2.75) is 44.7 Å². The Morgan fingerprint density at radius 1 is 1.14 bits per heavy atom. The SMILES string of the molecule is CC1(N)CCCCC1C(=O)Nc1cccc(N(CC(N)=O)Cc2ccccc2)c1. The summed E-state index contributed by atoms with van der Waals surface area (Å²) < 4.78 is 0. The van der Waals surface area contributed by atoms with Crippen LogP contribution < -0.4 is 21.7 Å². The minimum atomic E-state index is -0.481. The zero-order valence-electron chi connectivity index (χ0n) is 16.9. The van der Waals surface area contributed by atoms with Crippen molar-refractivity contribution in [2.75, 3.05) is 16.8 Å². The summed E-state index contributed by atoms with van der Waals surface area (Å²) in [5, 5.41) is 3.02. The minimum absolute atomic E-state index is 0.0450. The highest BCUT2D eigenvalue weighted by molar-refractivity contribution is 5.94. The molecule has 2 aromatic carbocycles. The molecule has 2 aromatic rings. The van der Waals surface area contributed by atoms with Gasteiger partial charge in [-0.25, -0.2) is 0 Å². The smallest absolute Gasteiger partial charge is 0.236 e. The molecule has 2 amide bonds. The van der Waals surface area contributed by atoms with E-state index in [1.807, 2.05) is 66.4 Å². The van der Waals surface area contributed by atoms with Crippen LogP contribution in [0.2, 0.25) is 0 Å². The monoisotopic (exact) mass is 394 g/mol. The van der Waals surface area contributed by atoms with Crippen LogP contribution in [0, 0.1) is 5.92 Å². The molecule has 2 unspecified atom stereocenters. The third-order valence-corrected chi connectivity index (χ3v) is 5.61. The molecular weight excluding hydrogens is 364 g/mol. The lowest BCUT2D eigenvalue weighted by Crippen LogP contribution is -2.51. The lowest BCUT2D eigenvalue weighted by Gasteiger charge is -2.37. The largest absolute Gasteiger partial charge is 0.368 e. The van der Waals surface area contributed by atoms with Crippen LogP contribution in [-0.2, 0) is 16.1 Å². The fourth-order valence-corrected chi connectivity index (χ4v) is 4.03. The van der Waals surface area contributed by atoms with Gasteiger partial charge < -0.3 is 21.7 Å². The van der Waals surface area contributed by atoms with E-state index in [4.69, 9.17) is 11.5 Å². The summed E-state index contributed by atoms with van der Waals surface area (Å²) in [6.07, 6.45) is 3.75. The van der Waals surface area contributed by atoms with Crippen molar-refractivity contribution in [3.05, 3.63) is 60.2 Å². The normalized spacial score (nSPS) is 21.4. The predicted molar refractivity (Wildman–Crippen MR) is 116 cm³/mol. The van der Waals surface area contributed by atoms with Gasteiger partial charge in [0.1, 0.15) is 0 Å². The quantitative estimate of drug-likeness (QED) is 0.672. The molecule has 1 saturated carbocycles. The van der Waals surface area contributed by atoms with Gasteiger partial charge in [-0.1, -0.05) is 49.2 Å². The van der Waals surface area contributed by atoms with Gasteiger partial charge in [0.2, 0.25) is 11.8 Å². The fraction of sp³-hybridized carbons (Fsp3) is 0.391. The van der Waals surface area contributed by atoms with Gasteiger partial charge >= 0.3 is 0 Å². The number of primary amides is 1. The van der Waals surface area contributed by atoms with Crippen molar-refractivity contribution >= 4 is 23.2 Å². The predicted octanol–water partition coefficient (Wildman–Crippen LogP) is 3.02. The number of hydrogen-bond acceptors (Lipinski definition) is 4. The third-order valence-electron chi connectivity index (χ3n) is 5.61. The highest BCUT2D eigenvalue weighted by Crippen LogP contribution is 2.32. The van der Waals surface area contributed by atoms with Crippen LogP contribution in [-0.4, -0.2) is 23.9 Å². The molecule has 29 heavy (non-hydrogen) atoms. The number of carbonyl (C=O) groups is 2. The number of nitrogens with zero attached hydrogens (tertiary/aromatic N) is 1. The molecule has 1 aliphatic rings. The van der Waals surface area contributed by atoms with Crippen molar-refractivity contribution in [3.8, 4) is 0 Å². The molecule has 0 heterocycles. The van der Waals surface area contributed by atoms with Crippen molar-refractivity contribution < 1.29 is 9.59 Å². The Hall–Kier alpha value is -2.86. The van der Waals surface area contributed by atoms with Gasteiger partial charge in [0.25, 0.3) is 0 Å². The molecule has 1 aliphatic carbocycles. The second-order valence-electron chi connectivity index (χ2n) is 8.15. The molecule has 0 spiro atoms. The molecule has 154 valence electrons. The van der Waals surface area contributed by atoms with E-state index < -0.39 is 11.4 Å². The van der Waals surface area contributed by atoms with Crippen molar-refractivity contribution in [3.63, 3.8) is 0 Å². The lowest BCUT2D eigenvalue weighted by atomic mass is 9.74. The van der Waals surface area contributed by atoms with E-state index in [2.05, 4.69) is 5.32 Å². The first-order valence-electron chi connectivity index (χ1n) is 10.1. The summed E-state index contributed by atoms with van der Waals surface area (Å²) in [6, 6.07) is 17.4. The zero-order chi connectivity index (χ0) is 20.9. The van der Waals surface area contributed by atoms with Gasteiger partial charge in [0.05, 0.1) is 12.5 Å². The molecule has 3 rings (SSSR count). The van der Waals surface area contributed by atoms with E-state index in [1.165, 1.54) is 0 Å². The fourth-order valence-electron chi connectivity index (χ4n) is 4.03. The Bertz CT molecular complexity index is 851. The van der Waals surface area contributed by atoms with Crippen molar-refractivity contribution in [2.24, 2.45) is 17.4 Å². The second kappa shape index (κ2) is 9.09. The Balaban J connectivity index is 1.77. The van der Waals surface area contributed by atoms with Gasteiger partial charge in [-0.3, -0.25) is 9.59 Å². The highest BCUT2D eigenvalue weighted by Gasteiger charge is 2.37. The van der Waals surface area contributed by atoms with Crippen LogP contribution in [0.15, 0.2) is 54.6 Å². The maximum Gasteiger partial charge on any atom is 0.236 e. The van der Waals surface area contributed by atoms with Gasteiger partial charge in [0.15, 0.2) is 0 Å². The summed E-state index contributed by atoms with van der Waals surface area (Å²) in [6.45, 7) is 2.60. The molecule has 1 fully saturated rings. The Morgan fingerprint density at radius 2 is 1.90 bits per heavy atom. The van der Waals surface area contributed by atoms with Crippen molar-refractivity contribution in [1.29, 1.82) is 0 Å². The molecule has 5 N–H and O–H groups in total.